The Hall–Kier alpha value is -1.43. The van der Waals surface area contributed by atoms with E-state index in [9.17, 15) is 4.79 Å². The molecule has 0 radical (unpaired) electrons. The van der Waals surface area contributed by atoms with E-state index in [1.165, 1.54) is 6.33 Å². The Labute approximate surface area is 89.3 Å². The Morgan fingerprint density at radius 2 is 2.40 bits per heavy atom. The van der Waals surface area contributed by atoms with Crippen LogP contribution in [0.2, 0.25) is 0 Å². The van der Waals surface area contributed by atoms with E-state index in [2.05, 4.69) is 15.4 Å². The van der Waals surface area contributed by atoms with Crippen molar-refractivity contribution in [2.45, 2.75) is 13.5 Å². The number of carbonyl (C=O) groups excluding carboxylic acids is 1. The van der Waals surface area contributed by atoms with Gasteiger partial charge < -0.3 is 10.2 Å². The molecule has 6 heteroatoms. The van der Waals surface area contributed by atoms with Gasteiger partial charge in [-0.3, -0.25) is 9.48 Å². The van der Waals surface area contributed by atoms with Gasteiger partial charge in [0.2, 0.25) is 5.91 Å². The Balaban J connectivity index is 2.28. The van der Waals surface area contributed by atoms with Crippen LogP contribution in [0.3, 0.4) is 0 Å². The summed E-state index contributed by atoms with van der Waals surface area (Å²) >= 11 is 0. The third kappa shape index (κ3) is 3.32. The van der Waals surface area contributed by atoms with E-state index in [0.717, 1.165) is 12.4 Å². The molecular weight excluding hydrogens is 194 g/mol. The number of rotatable bonds is 5. The quantitative estimate of drug-likeness (QED) is 0.705. The first-order valence-electron chi connectivity index (χ1n) is 4.92. The number of aromatic nitrogens is 3. The number of hydrogen-bond donors (Lipinski definition) is 1. The van der Waals surface area contributed by atoms with Crippen LogP contribution < -0.4 is 5.32 Å². The largest absolute Gasteiger partial charge is 0.345 e. The summed E-state index contributed by atoms with van der Waals surface area (Å²) in [5.41, 5.74) is 0. The third-order valence-corrected chi connectivity index (χ3v) is 2.26. The van der Waals surface area contributed by atoms with Crippen LogP contribution in [-0.2, 0) is 18.4 Å². The fourth-order valence-corrected chi connectivity index (χ4v) is 1.07. The molecule has 0 fully saturated rings. The molecule has 0 aromatic carbocycles. The summed E-state index contributed by atoms with van der Waals surface area (Å²) in [6, 6.07) is 0. The van der Waals surface area contributed by atoms with Crippen LogP contribution in [-0.4, -0.2) is 45.7 Å². The molecule has 0 aliphatic heterocycles. The SMILES string of the molecule is CCN(C)C(=O)CNCc1ncnn1C. The number of nitrogens with zero attached hydrogens (tertiary/aromatic N) is 4. The van der Waals surface area contributed by atoms with Gasteiger partial charge in [-0.25, -0.2) is 4.98 Å². The summed E-state index contributed by atoms with van der Waals surface area (Å²) in [6.07, 6.45) is 1.50. The summed E-state index contributed by atoms with van der Waals surface area (Å²) in [6.45, 7) is 3.56. The van der Waals surface area contributed by atoms with Crippen LogP contribution in [0.1, 0.15) is 12.7 Å². The predicted molar refractivity (Wildman–Crippen MR) is 56.0 cm³/mol. The molecule has 0 spiro atoms. The maximum absolute atomic E-state index is 11.4. The lowest BCUT2D eigenvalue weighted by atomic mass is 10.4. The average molecular weight is 211 g/mol. The molecule has 1 N–H and O–H groups in total. The van der Waals surface area contributed by atoms with Crippen LogP contribution >= 0.6 is 0 Å². The second kappa shape index (κ2) is 5.45. The molecule has 84 valence electrons. The lowest BCUT2D eigenvalue weighted by Crippen LogP contribution is -2.35. The van der Waals surface area contributed by atoms with Crippen LogP contribution in [0, 0.1) is 0 Å². The van der Waals surface area contributed by atoms with Gasteiger partial charge in [0.05, 0.1) is 13.1 Å². The van der Waals surface area contributed by atoms with Crippen molar-refractivity contribution < 1.29 is 4.79 Å². The van der Waals surface area contributed by atoms with Gasteiger partial charge in [0, 0.05) is 20.6 Å². The zero-order valence-electron chi connectivity index (χ0n) is 9.40. The van der Waals surface area contributed by atoms with Crippen LogP contribution in [0.25, 0.3) is 0 Å². The van der Waals surface area contributed by atoms with E-state index in [4.69, 9.17) is 0 Å². The van der Waals surface area contributed by atoms with E-state index < -0.39 is 0 Å². The summed E-state index contributed by atoms with van der Waals surface area (Å²) < 4.78 is 1.68. The van der Waals surface area contributed by atoms with Gasteiger partial charge in [0.15, 0.2) is 0 Å². The molecule has 1 rings (SSSR count). The number of nitrogens with one attached hydrogen (secondary N) is 1. The van der Waals surface area contributed by atoms with Crippen molar-refractivity contribution in [2.24, 2.45) is 7.05 Å². The van der Waals surface area contributed by atoms with E-state index in [1.807, 2.05) is 14.0 Å². The summed E-state index contributed by atoms with van der Waals surface area (Å²) in [7, 11) is 3.61. The first-order valence-corrected chi connectivity index (χ1v) is 4.92. The normalized spacial score (nSPS) is 10.3. The minimum absolute atomic E-state index is 0.0830. The van der Waals surface area contributed by atoms with Crippen molar-refractivity contribution in [2.75, 3.05) is 20.1 Å². The van der Waals surface area contributed by atoms with Gasteiger partial charge in [-0.1, -0.05) is 0 Å². The van der Waals surface area contributed by atoms with Gasteiger partial charge in [-0.05, 0) is 6.92 Å². The molecule has 0 saturated carbocycles. The van der Waals surface area contributed by atoms with Crippen molar-refractivity contribution in [1.82, 2.24) is 25.0 Å². The molecule has 0 aliphatic rings. The number of carbonyl (C=O) groups is 1. The van der Waals surface area contributed by atoms with Gasteiger partial charge in [0.1, 0.15) is 12.2 Å². The Bertz CT molecular complexity index is 322. The number of aryl methyl sites for hydroxylation is 1. The smallest absolute Gasteiger partial charge is 0.236 e. The van der Waals surface area contributed by atoms with Gasteiger partial charge in [-0.15, -0.1) is 0 Å². The molecule has 0 saturated heterocycles. The average Bonchev–Trinajstić information content (AvgIpc) is 2.63. The van der Waals surface area contributed by atoms with E-state index in [0.29, 0.717) is 13.1 Å². The van der Waals surface area contributed by atoms with Gasteiger partial charge in [-0.2, -0.15) is 5.10 Å². The lowest BCUT2D eigenvalue weighted by Gasteiger charge is -2.14. The molecule has 0 aliphatic carbocycles. The number of hydrogen-bond acceptors (Lipinski definition) is 4. The highest BCUT2D eigenvalue weighted by Crippen LogP contribution is 1.89. The molecule has 1 amide bonds. The standard InChI is InChI=1S/C9H17N5O/c1-4-13(2)9(15)6-10-5-8-11-7-12-14(8)3/h7,10H,4-6H2,1-3H3. The van der Waals surface area contributed by atoms with Crippen LogP contribution in [0.4, 0.5) is 0 Å². The van der Waals surface area contributed by atoms with Gasteiger partial charge >= 0.3 is 0 Å². The van der Waals surface area contributed by atoms with E-state index in [1.54, 1.807) is 16.6 Å². The molecule has 15 heavy (non-hydrogen) atoms. The molecule has 1 aromatic heterocycles. The third-order valence-electron chi connectivity index (χ3n) is 2.26. The number of likely N-dealkylation sites (N-methyl/N-ethyl adjacent to an activating group) is 1. The Morgan fingerprint density at radius 1 is 1.67 bits per heavy atom. The highest BCUT2D eigenvalue weighted by molar-refractivity contribution is 5.77. The van der Waals surface area contributed by atoms with E-state index in [-0.39, 0.29) is 5.91 Å². The molecule has 0 bridgehead atoms. The fraction of sp³-hybridized carbons (Fsp3) is 0.667. The second-order valence-electron chi connectivity index (χ2n) is 3.31. The molecule has 6 nitrogen and oxygen atoms in total. The number of amides is 1. The first-order chi connectivity index (χ1) is 7.15. The minimum atomic E-state index is 0.0830. The zero-order chi connectivity index (χ0) is 11.3. The van der Waals surface area contributed by atoms with Crippen molar-refractivity contribution in [3.05, 3.63) is 12.2 Å². The molecule has 0 unspecified atom stereocenters. The monoisotopic (exact) mass is 211 g/mol. The fourth-order valence-electron chi connectivity index (χ4n) is 1.07. The highest BCUT2D eigenvalue weighted by atomic mass is 16.2. The van der Waals surface area contributed by atoms with Crippen LogP contribution in [0.5, 0.6) is 0 Å². The second-order valence-corrected chi connectivity index (χ2v) is 3.31. The molecule has 0 atom stereocenters. The maximum atomic E-state index is 11.4. The lowest BCUT2D eigenvalue weighted by molar-refractivity contribution is -0.128. The van der Waals surface area contributed by atoms with Crippen molar-refractivity contribution in [1.29, 1.82) is 0 Å². The molecule has 1 aromatic rings. The van der Waals surface area contributed by atoms with Gasteiger partial charge in [0.25, 0.3) is 0 Å². The predicted octanol–water partition coefficient (Wildman–Crippen LogP) is -0.617. The topological polar surface area (TPSA) is 63.1 Å². The van der Waals surface area contributed by atoms with E-state index >= 15 is 0 Å². The molecular formula is C9H17N5O. The van der Waals surface area contributed by atoms with Crippen LogP contribution in [0.15, 0.2) is 6.33 Å². The first kappa shape index (κ1) is 11.6. The summed E-state index contributed by atoms with van der Waals surface area (Å²) in [4.78, 5) is 17.1. The Kier molecular flexibility index (Phi) is 4.23. The van der Waals surface area contributed by atoms with Crippen molar-refractivity contribution in [3.8, 4) is 0 Å². The van der Waals surface area contributed by atoms with Crippen molar-refractivity contribution in [3.63, 3.8) is 0 Å². The summed E-state index contributed by atoms with van der Waals surface area (Å²) in [5.74, 6) is 0.904. The molecule has 1 heterocycles. The van der Waals surface area contributed by atoms with Crippen molar-refractivity contribution >= 4 is 5.91 Å². The maximum Gasteiger partial charge on any atom is 0.236 e. The summed E-state index contributed by atoms with van der Waals surface area (Å²) in [5, 5.41) is 6.96. The minimum Gasteiger partial charge on any atom is -0.345 e. The highest BCUT2D eigenvalue weighted by Gasteiger charge is 2.06. The zero-order valence-corrected chi connectivity index (χ0v) is 9.40. The Morgan fingerprint density at radius 3 is 2.93 bits per heavy atom.